The maximum absolute atomic E-state index is 5.85. The molecule has 0 aliphatic rings. The molecule has 0 bridgehead atoms. The van der Waals surface area contributed by atoms with Gasteiger partial charge < -0.3 is 10.5 Å². The van der Waals surface area contributed by atoms with Crippen molar-refractivity contribution in [3.63, 3.8) is 0 Å². The average molecular weight is 307 g/mol. The maximum atomic E-state index is 5.85. The van der Waals surface area contributed by atoms with Crippen LogP contribution in [-0.2, 0) is 0 Å². The lowest BCUT2D eigenvalue weighted by atomic mass is 10.0. The molecule has 2 N–H and O–H groups in total. The highest BCUT2D eigenvalue weighted by Crippen LogP contribution is 2.28. The van der Waals surface area contributed by atoms with Crippen LogP contribution in [0.1, 0.15) is 25.3 Å². The van der Waals surface area contributed by atoms with Crippen LogP contribution in [-0.4, -0.2) is 4.98 Å². The molecule has 0 atom stereocenters. The van der Waals surface area contributed by atoms with E-state index in [-0.39, 0.29) is 0 Å². The van der Waals surface area contributed by atoms with Crippen LogP contribution in [0.2, 0.25) is 0 Å². The molecule has 2 rings (SSSR count). The molecule has 1 heterocycles. The Morgan fingerprint density at radius 3 is 2.72 bits per heavy atom. The Morgan fingerprint density at radius 1 is 1.28 bits per heavy atom. The van der Waals surface area contributed by atoms with Crippen LogP contribution >= 0.6 is 15.9 Å². The van der Waals surface area contributed by atoms with Gasteiger partial charge >= 0.3 is 0 Å². The van der Waals surface area contributed by atoms with E-state index < -0.39 is 0 Å². The van der Waals surface area contributed by atoms with Crippen molar-refractivity contribution in [3.05, 3.63) is 46.6 Å². The van der Waals surface area contributed by atoms with Crippen molar-refractivity contribution in [1.82, 2.24) is 4.98 Å². The minimum absolute atomic E-state index is 0.430. The molecule has 0 unspecified atom stereocenters. The molecule has 2 aromatic rings. The maximum Gasteiger partial charge on any atom is 0.242 e. The number of nitrogens with two attached hydrogens (primary N) is 1. The highest BCUT2D eigenvalue weighted by molar-refractivity contribution is 9.10. The number of pyridine rings is 1. The Balaban J connectivity index is 2.25. The predicted octanol–water partition coefficient (Wildman–Crippen LogP) is 4.34. The number of anilines is 1. The molecule has 3 nitrogen and oxygen atoms in total. The van der Waals surface area contributed by atoms with E-state index in [9.17, 15) is 0 Å². The van der Waals surface area contributed by atoms with E-state index in [0.717, 1.165) is 10.2 Å². The second-order valence-electron chi connectivity index (χ2n) is 4.38. The van der Waals surface area contributed by atoms with Crippen LogP contribution in [0, 0.1) is 0 Å². The van der Waals surface area contributed by atoms with Crippen molar-refractivity contribution in [2.75, 3.05) is 5.73 Å². The number of hydrogen-bond donors (Lipinski definition) is 1. The lowest BCUT2D eigenvalue weighted by Gasteiger charge is -2.10. The van der Waals surface area contributed by atoms with Gasteiger partial charge in [0.1, 0.15) is 5.75 Å². The normalized spacial score (nSPS) is 10.7. The zero-order valence-corrected chi connectivity index (χ0v) is 11.9. The Morgan fingerprint density at radius 2 is 2.06 bits per heavy atom. The van der Waals surface area contributed by atoms with Crippen molar-refractivity contribution in [1.29, 1.82) is 0 Å². The third-order valence-corrected chi connectivity index (χ3v) is 3.02. The van der Waals surface area contributed by atoms with Crippen LogP contribution in [0.3, 0.4) is 0 Å². The fourth-order valence-electron chi connectivity index (χ4n) is 1.58. The summed E-state index contributed by atoms with van der Waals surface area (Å²) in [4.78, 5) is 4.15. The second kappa shape index (κ2) is 5.40. The van der Waals surface area contributed by atoms with Crippen molar-refractivity contribution in [3.8, 4) is 11.6 Å². The van der Waals surface area contributed by atoms with E-state index in [2.05, 4.69) is 40.8 Å². The summed E-state index contributed by atoms with van der Waals surface area (Å²) in [6.07, 6.45) is 1.66. The number of halogens is 1. The van der Waals surface area contributed by atoms with Gasteiger partial charge in [-0.3, -0.25) is 0 Å². The molecule has 0 amide bonds. The summed E-state index contributed by atoms with van der Waals surface area (Å²) in [5, 5.41) is 0. The largest absolute Gasteiger partial charge is 0.437 e. The first-order valence-electron chi connectivity index (χ1n) is 5.75. The monoisotopic (exact) mass is 306 g/mol. The van der Waals surface area contributed by atoms with E-state index in [4.69, 9.17) is 10.5 Å². The van der Waals surface area contributed by atoms with Gasteiger partial charge in [-0.05, 0) is 45.6 Å². The van der Waals surface area contributed by atoms with Gasteiger partial charge in [-0.1, -0.05) is 26.0 Å². The first kappa shape index (κ1) is 12.9. The molecular weight excluding hydrogens is 292 g/mol. The molecule has 0 saturated carbocycles. The van der Waals surface area contributed by atoms with Crippen LogP contribution in [0.5, 0.6) is 11.6 Å². The van der Waals surface area contributed by atoms with Gasteiger partial charge in [-0.25, -0.2) is 4.98 Å². The van der Waals surface area contributed by atoms with Gasteiger partial charge in [0.25, 0.3) is 0 Å². The SMILES string of the molecule is CC(C)c1cccc(Oc2ncc(Br)cc2N)c1. The van der Waals surface area contributed by atoms with Crippen molar-refractivity contribution in [2.24, 2.45) is 0 Å². The Hall–Kier alpha value is -1.55. The van der Waals surface area contributed by atoms with E-state index in [1.165, 1.54) is 5.56 Å². The minimum atomic E-state index is 0.430. The van der Waals surface area contributed by atoms with Crippen molar-refractivity contribution in [2.45, 2.75) is 19.8 Å². The van der Waals surface area contributed by atoms with E-state index in [1.807, 2.05) is 18.2 Å². The molecule has 0 aliphatic heterocycles. The molecule has 0 aliphatic carbocycles. The van der Waals surface area contributed by atoms with Crippen LogP contribution in [0.15, 0.2) is 41.0 Å². The van der Waals surface area contributed by atoms with Crippen LogP contribution < -0.4 is 10.5 Å². The van der Waals surface area contributed by atoms with Gasteiger partial charge in [0.2, 0.25) is 5.88 Å². The number of ether oxygens (including phenoxy) is 1. The summed E-state index contributed by atoms with van der Waals surface area (Å²) in [6.45, 7) is 4.29. The van der Waals surface area contributed by atoms with Crippen molar-refractivity contribution >= 4 is 21.6 Å². The average Bonchev–Trinajstić information content (AvgIpc) is 2.33. The lowest BCUT2D eigenvalue weighted by molar-refractivity contribution is 0.464. The van der Waals surface area contributed by atoms with Gasteiger partial charge in [0.05, 0.1) is 5.69 Å². The summed E-state index contributed by atoms with van der Waals surface area (Å²) in [5.41, 5.74) is 7.59. The number of aromatic nitrogens is 1. The van der Waals surface area contributed by atoms with Crippen molar-refractivity contribution < 1.29 is 4.74 Å². The number of nitrogens with zero attached hydrogens (tertiary/aromatic N) is 1. The molecule has 1 aromatic carbocycles. The third kappa shape index (κ3) is 3.01. The van der Waals surface area contributed by atoms with Crippen LogP contribution in [0.25, 0.3) is 0 Å². The fraction of sp³-hybridized carbons (Fsp3) is 0.214. The topological polar surface area (TPSA) is 48.1 Å². The Labute approximate surface area is 115 Å². The number of hydrogen-bond acceptors (Lipinski definition) is 3. The second-order valence-corrected chi connectivity index (χ2v) is 5.29. The highest BCUT2D eigenvalue weighted by atomic mass is 79.9. The fourth-order valence-corrected chi connectivity index (χ4v) is 1.93. The van der Waals surface area contributed by atoms with Gasteiger partial charge in [-0.15, -0.1) is 0 Å². The summed E-state index contributed by atoms with van der Waals surface area (Å²) in [5.74, 6) is 1.64. The van der Waals surface area contributed by atoms with Gasteiger partial charge in [0, 0.05) is 10.7 Å². The molecule has 0 fully saturated rings. The van der Waals surface area contributed by atoms with Gasteiger partial charge in [-0.2, -0.15) is 0 Å². The predicted molar refractivity (Wildman–Crippen MR) is 77.0 cm³/mol. The third-order valence-electron chi connectivity index (χ3n) is 2.58. The zero-order chi connectivity index (χ0) is 13.1. The quantitative estimate of drug-likeness (QED) is 0.917. The molecule has 94 valence electrons. The molecule has 0 saturated heterocycles. The molecule has 1 aromatic heterocycles. The molecule has 4 heteroatoms. The number of nitrogen functional groups attached to an aromatic ring is 1. The van der Waals surface area contributed by atoms with E-state index >= 15 is 0 Å². The molecule has 0 radical (unpaired) electrons. The summed E-state index contributed by atoms with van der Waals surface area (Å²) in [7, 11) is 0. The number of rotatable bonds is 3. The highest BCUT2D eigenvalue weighted by Gasteiger charge is 2.06. The number of benzene rings is 1. The summed E-state index contributed by atoms with van der Waals surface area (Å²) in [6, 6.07) is 9.73. The van der Waals surface area contributed by atoms with Gasteiger partial charge in [0.15, 0.2) is 0 Å². The van der Waals surface area contributed by atoms with E-state index in [0.29, 0.717) is 17.5 Å². The van der Waals surface area contributed by atoms with Crippen LogP contribution in [0.4, 0.5) is 5.69 Å². The molecule has 0 spiro atoms. The summed E-state index contributed by atoms with van der Waals surface area (Å²) >= 11 is 3.31. The standard InChI is InChI=1S/C14H15BrN2O/c1-9(2)10-4-3-5-12(6-10)18-14-13(16)7-11(15)8-17-14/h3-9H,16H2,1-2H3. The minimum Gasteiger partial charge on any atom is -0.437 e. The molecule has 18 heavy (non-hydrogen) atoms. The Kier molecular flexibility index (Phi) is 3.87. The first-order chi connectivity index (χ1) is 8.56. The van der Waals surface area contributed by atoms with E-state index in [1.54, 1.807) is 12.3 Å². The smallest absolute Gasteiger partial charge is 0.242 e. The lowest BCUT2D eigenvalue weighted by Crippen LogP contribution is -1.95. The first-order valence-corrected chi connectivity index (χ1v) is 6.54. The summed E-state index contributed by atoms with van der Waals surface area (Å²) < 4.78 is 6.53. The Bertz CT molecular complexity index is 555. The molecular formula is C14H15BrN2O. The zero-order valence-electron chi connectivity index (χ0n) is 10.4.